The van der Waals surface area contributed by atoms with Gasteiger partial charge in [0.25, 0.3) is 0 Å². The monoisotopic (exact) mass is 405 g/mol. The Hall–Kier alpha value is -0.620. The van der Waals surface area contributed by atoms with Crippen molar-refractivity contribution in [2.75, 3.05) is 0 Å². The molecule has 1 saturated carbocycles. The Labute approximate surface area is 135 Å². The first-order valence-corrected chi connectivity index (χ1v) is 8.40. The molecule has 0 amide bonds. The quantitative estimate of drug-likeness (QED) is 0.389. The average molecular weight is 407 g/mol. The summed E-state index contributed by atoms with van der Waals surface area (Å²) in [7, 11) is 0. The molecule has 20 heavy (non-hydrogen) atoms. The number of rotatable bonds is 5. The van der Waals surface area contributed by atoms with E-state index < -0.39 is 4.92 Å². The molecule has 0 aromatic heterocycles. The van der Waals surface area contributed by atoms with Crippen LogP contribution in [0.2, 0.25) is 0 Å². The SMILES string of the molecule is CCC1(CC)C(Br)CC1Oc1ccc(Br)cc1[N+](=O)[O-]. The molecule has 2 unspecified atom stereocenters. The van der Waals surface area contributed by atoms with E-state index in [4.69, 9.17) is 4.74 Å². The molecule has 0 aliphatic heterocycles. The van der Waals surface area contributed by atoms with E-state index in [1.165, 1.54) is 6.07 Å². The van der Waals surface area contributed by atoms with Gasteiger partial charge in [-0.2, -0.15) is 0 Å². The van der Waals surface area contributed by atoms with Gasteiger partial charge in [-0.15, -0.1) is 0 Å². The largest absolute Gasteiger partial charge is 0.483 e. The molecule has 1 fully saturated rings. The Kier molecular flexibility index (Phi) is 4.74. The van der Waals surface area contributed by atoms with E-state index in [1.54, 1.807) is 12.1 Å². The summed E-state index contributed by atoms with van der Waals surface area (Å²) in [5, 5.41) is 11.1. The van der Waals surface area contributed by atoms with Crippen molar-refractivity contribution in [2.24, 2.45) is 5.41 Å². The van der Waals surface area contributed by atoms with Crippen molar-refractivity contribution in [3.63, 3.8) is 0 Å². The highest BCUT2D eigenvalue weighted by Crippen LogP contribution is 2.53. The number of hydrogen-bond donors (Lipinski definition) is 0. The maximum absolute atomic E-state index is 11.1. The topological polar surface area (TPSA) is 52.4 Å². The molecule has 0 N–H and O–H groups in total. The second-order valence-electron chi connectivity index (χ2n) is 5.12. The maximum Gasteiger partial charge on any atom is 0.312 e. The Bertz CT molecular complexity index is 517. The Morgan fingerprint density at radius 3 is 2.60 bits per heavy atom. The summed E-state index contributed by atoms with van der Waals surface area (Å²) in [4.78, 5) is 11.1. The summed E-state index contributed by atoms with van der Waals surface area (Å²) in [5.41, 5.74) is 0.0829. The van der Waals surface area contributed by atoms with Crippen molar-refractivity contribution in [1.29, 1.82) is 0 Å². The molecular formula is C14H17Br2NO3. The fourth-order valence-electron chi connectivity index (χ4n) is 2.90. The van der Waals surface area contributed by atoms with Crippen LogP contribution in [-0.2, 0) is 0 Å². The van der Waals surface area contributed by atoms with Crippen LogP contribution < -0.4 is 4.74 Å². The molecule has 110 valence electrons. The minimum Gasteiger partial charge on any atom is -0.483 e. The van der Waals surface area contributed by atoms with E-state index in [-0.39, 0.29) is 17.2 Å². The van der Waals surface area contributed by atoms with Crippen molar-refractivity contribution in [2.45, 2.75) is 44.0 Å². The van der Waals surface area contributed by atoms with Crippen LogP contribution in [0.5, 0.6) is 5.75 Å². The van der Waals surface area contributed by atoms with Gasteiger partial charge < -0.3 is 4.74 Å². The zero-order valence-corrected chi connectivity index (χ0v) is 14.6. The first-order valence-electron chi connectivity index (χ1n) is 6.69. The van der Waals surface area contributed by atoms with E-state index in [0.717, 1.165) is 19.3 Å². The molecule has 1 aliphatic rings. The van der Waals surface area contributed by atoms with Gasteiger partial charge in [-0.25, -0.2) is 0 Å². The molecular weight excluding hydrogens is 390 g/mol. The summed E-state index contributed by atoms with van der Waals surface area (Å²) in [6, 6.07) is 4.92. The predicted molar refractivity (Wildman–Crippen MR) is 85.6 cm³/mol. The molecule has 6 heteroatoms. The van der Waals surface area contributed by atoms with Gasteiger partial charge in [-0.05, 0) is 31.4 Å². The summed E-state index contributed by atoms with van der Waals surface area (Å²) in [6.45, 7) is 4.28. The van der Waals surface area contributed by atoms with E-state index in [2.05, 4.69) is 45.7 Å². The first kappa shape index (κ1) is 15.8. The van der Waals surface area contributed by atoms with E-state index in [9.17, 15) is 10.1 Å². The van der Waals surface area contributed by atoms with E-state index >= 15 is 0 Å². The third kappa shape index (κ3) is 2.60. The zero-order chi connectivity index (χ0) is 14.9. The van der Waals surface area contributed by atoms with Gasteiger partial charge in [-0.3, -0.25) is 10.1 Å². The van der Waals surface area contributed by atoms with Crippen LogP contribution in [0.1, 0.15) is 33.1 Å². The molecule has 0 radical (unpaired) electrons. The fraction of sp³-hybridized carbons (Fsp3) is 0.571. The molecule has 0 heterocycles. The van der Waals surface area contributed by atoms with Gasteiger partial charge >= 0.3 is 5.69 Å². The van der Waals surface area contributed by atoms with Crippen LogP contribution in [0, 0.1) is 15.5 Å². The fourth-order valence-corrected chi connectivity index (χ4v) is 4.53. The molecule has 1 aromatic rings. The van der Waals surface area contributed by atoms with Crippen LogP contribution in [-0.4, -0.2) is 15.9 Å². The number of ether oxygens (including phenoxy) is 1. The Balaban J connectivity index is 2.25. The van der Waals surface area contributed by atoms with E-state index in [1.807, 2.05) is 0 Å². The number of hydrogen-bond acceptors (Lipinski definition) is 3. The van der Waals surface area contributed by atoms with Crippen molar-refractivity contribution >= 4 is 37.5 Å². The van der Waals surface area contributed by atoms with Crippen LogP contribution in [0.25, 0.3) is 0 Å². The molecule has 1 aliphatic carbocycles. The predicted octanol–water partition coefficient (Wildman–Crippen LogP) is 5.08. The number of alkyl halides is 1. The highest BCUT2D eigenvalue weighted by atomic mass is 79.9. The number of benzene rings is 1. The molecule has 0 saturated heterocycles. The molecule has 2 rings (SSSR count). The lowest BCUT2D eigenvalue weighted by molar-refractivity contribution is -0.386. The van der Waals surface area contributed by atoms with Crippen molar-refractivity contribution in [1.82, 2.24) is 0 Å². The summed E-state index contributed by atoms with van der Waals surface area (Å²) >= 11 is 6.95. The molecule has 0 spiro atoms. The third-order valence-electron chi connectivity index (χ3n) is 4.39. The number of nitro benzene ring substituents is 1. The molecule has 4 nitrogen and oxygen atoms in total. The van der Waals surface area contributed by atoms with E-state index in [0.29, 0.717) is 15.0 Å². The Morgan fingerprint density at radius 2 is 2.10 bits per heavy atom. The van der Waals surface area contributed by atoms with Crippen LogP contribution in [0.3, 0.4) is 0 Å². The van der Waals surface area contributed by atoms with Gasteiger partial charge in [0.1, 0.15) is 6.10 Å². The Morgan fingerprint density at radius 1 is 1.45 bits per heavy atom. The van der Waals surface area contributed by atoms with Gasteiger partial charge in [0.05, 0.1) is 4.92 Å². The van der Waals surface area contributed by atoms with Crippen LogP contribution >= 0.6 is 31.9 Å². The number of nitrogens with zero attached hydrogens (tertiary/aromatic N) is 1. The number of halogens is 2. The zero-order valence-electron chi connectivity index (χ0n) is 11.4. The average Bonchev–Trinajstić information content (AvgIpc) is 2.41. The molecule has 0 bridgehead atoms. The van der Waals surface area contributed by atoms with Crippen molar-refractivity contribution in [3.8, 4) is 5.75 Å². The van der Waals surface area contributed by atoms with Gasteiger partial charge in [0.15, 0.2) is 5.75 Å². The van der Waals surface area contributed by atoms with Crippen molar-refractivity contribution < 1.29 is 9.66 Å². The van der Waals surface area contributed by atoms with Crippen molar-refractivity contribution in [3.05, 3.63) is 32.8 Å². The van der Waals surface area contributed by atoms with Crippen LogP contribution in [0.4, 0.5) is 5.69 Å². The summed E-state index contributed by atoms with van der Waals surface area (Å²) in [6.07, 6.45) is 2.90. The summed E-state index contributed by atoms with van der Waals surface area (Å²) in [5.74, 6) is 0.355. The first-order chi connectivity index (χ1) is 9.44. The lowest BCUT2D eigenvalue weighted by Gasteiger charge is -2.52. The van der Waals surface area contributed by atoms with Crippen LogP contribution in [0.15, 0.2) is 22.7 Å². The lowest BCUT2D eigenvalue weighted by Crippen LogP contribution is -2.56. The van der Waals surface area contributed by atoms with Gasteiger partial charge in [-0.1, -0.05) is 45.7 Å². The standard InChI is InChI=1S/C14H17Br2NO3/c1-3-14(4-2)12(16)8-13(14)20-11-6-5-9(15)7-10(11)17(18)19/h5-7,12-13H,3-4,8H2,1-2H3. The number of nitro groups is 1. The second-order valence-corrected chi connectivity index (χ2v) is 7.14. The molecule has 1 aromatic carbocycles. The normalized spacial score (nSPS) is 24.0. The highest BCUT2D eigenvalue weighted by Gasteiger charge is 2.53. The minimum absolute atomic E-state index is 0.0125. The summed E-state index contributed by atoms with van der Waals surface area (Å²) < 4.78 is 6.65. The van der Waals surface area contributed by atoms with Gasteiger partial charge in [0, 0.05) is 20.8 Å². The maximum atomic E-state index is 11.1. The minimum atomic E-state index is -0.399. The lowest BCUT2D eigenvalue weighted by atomic mass is 9.62. The smallest absolute Gasteiger partial charge is 0.312 e. The third-order valence-corrected chi connectivity index (χ3v) is 6.17. The molecule has 2 atom stereocenters. The second kappa shape index (κ2) is 6.02. The highest BCUT2D eigenvalue weighted by molar-refractivity contribution is 9.10. The van der Waals surface area contributed by atoms with Gasteiger partial charge in [0.2, 0.25) is 0 Å².